The molecule has 2 unspecified atom stereocenters. The van der Waals surface area contributed by atoms with E-state index in [2.05, 4.69) is 33.6 Å². The molecule has 0 saturated heterocycles. The van der Waals surface area contributed by atoms with E-state index in [1.54, 1.807) is 0 Å². The molecular weight excluding hydrogens is 260 g/mol. The van der Waals surface area contributed by atoms with Gasteiger partial charge in [0.15, 0.2) is 5.96 Å². The van der Waals surface area contributed by atoms with Gasteiger partial charge < -0.3 is 10.6 Å². The topological polar surface area (TPSA) is 49.3 Å². The van der Waals surface area contributed by atoms with Gasteiger partial charge in [-0.1, -0.05) is 25.8 Å². The molecule has 0 aliphatic heterocycles. The third-order valence-corrected chi connectivity index (χ3v) is 4.23. The van der Waals surface area contributed by atoms with Crippen molar-refractivity contribution in [2.75, 3.05) is 20.1 Å². The summed E-state index contributed by atoms with van der Waals surface area (Å²) in [7, 11) is 1.83. The van der Waals surface area contributed by atoms with Gasteiger partial charge in [0.25, 0.3) is 0 Å². The molecule has 0 spiro atoms. The largest absolute Gasteiger partial charge is 0.356 e. The summed E-state index contributed by atoms with van der Waals surface area (Å²) in [6.07, 6.45) is 8.22. The molecule has 1 heterocycles. The van der Waals surface area contributed by atoms with Crippen LogP contribution in [0.15, 0.2) is 29.4 Å². The molecule has 2 N–H and O–H groups in total. The van der Waals surface area contributed by atoms with Gasteiger partial charge in [0, 0.05) is 38.4 Å². The second-order valence-electron chi connectivity index (χ2n) is 6.09. The number of guanidine groups is 1. The molecular formula is C17H28N4. The summed E-state index contributed by atoms with van der Waals surface area (Å²) in [5, 5.41) is 6.83. The summed E-state index contributed by atoms with van der Waals surface area (Å²) in [4.78, 5) is 8.63. The van der Waals surface area contributed by atoms with Gasteiger partial charge in [0.2, 0.25) is 0 Å². The zero-order valence-electron chi connectivity index (χ0n) is 13.3. The zero-order chi connectivity index (χ0) is 14.9. The first kappa shape index (κ1) is 15.8. The maximum absolute atomic E-state index is 4.33. The molecule has 2 rings (SSSR count). The van der Waals surface area contributed by atoms with Gasteiger partial charge in [0.1, 0.15) is 0 Å². The smallest absolute Gasteiger partial charge is 0.190 e. The molecule has 0 amide bonds. The minimum Gasteiger partial charge on any atom is -0.356 e. The normalized spacial score (nSPS) is 22.9. The lowest BCUT2D eigenvalue weighted by molar-refractivity contribution is 0.282. The predicted molar refractivity (Wildman–Crippen MR) is 88.4 cm³/mol. The molecule has 0 radical (unpaired) electrons. The van der Waals surface area contributed by atoms with Crippen LogP contribution >= 0.6 is 0 Å². The van der Waals surface area contributed by atoms with Crippen LogP contribution in [0.4, 0.5) is 0 Å². The third-order valence-electron chi connectivity index (χ3n) is 4.23. The fraction of sp³-hybridized carbons (Fsp3) is 0.647. The first-order chi connectivity index (χ1) is 10.3. The summed E-state index contributed by atoms with van der Waals surface area (Å²) in [6.45, 7) is 4.26. The fourth-order valence-electron chi connectivity index (χ4n) is 3.06. The number of aliphatic imine (C=N–C) groups is 1. The molecule has 116 valence electrons. The van der Waals surface area contributed by atoms with Crippen LogP contribution in [0.2, 0.25) is 0 Å². The highest BCUT2D eigenvalue weighted by molar-refractivity contribution is 5.79. The average Bonchev–Trinajstić information content (AvgIpc) is 2.52. The summed E-state index contributed by atoms with van der Waals surface area (Å²) in [6, 6.07) is 6.03. The van der Waals surface area contributed by atoms with Gasteiger partial charge in [0.05, 0.1) is 0 Å². The number of pyridine rings is 1. The van der Waals surface area contributed by atoms with E-state index in [9.17, 15) is 0 Å². The zero-order valence-corrected chi connectivity index (χ0v) is 13.3. The number of hydrogen-bond donors (Lipinski definition) is 2. The van der Waals surface area contributed by atoms with E-state index in [-0.39, 0.29) is 0 Å². The molecule has 0 aromatic carbocycles. The van der Waals surface area contributed by atoms with Crippen molar-refractivity contribution in [2.45, 2.75) is 39.0 Å². The van der Waals surface area contributed by atoms with Gasteiger partial charge in [-0.25, -0.2) is 0 Å². The van der Waals surface area contributed by atoms with E-state index in [0.29, 0.717) is 0 Å². The Bertz CT molecular complexity index is 430. The minimum atomic E-state index is 0.795. The Kier molecular flexibility index (Phi) is 6.51. The number of aromatic nitrogens is 1. The van der Waals surface area contributed by atoms with Crippen molar-refractivity contribution in [2.24, 2.45) is 16.8 Å². The van der Waals surface area contributed by atoms with Crippen molar-refractivity contribution in [3.05, 3.63) is 30.1 Å². The van der Waals surface area contributed by atoms with E-state index in [1.165, 1.54) is 25.7 Å². The highest BCUT2D eigenvalue weighted by atomic mass is 15.2. The van der Waals surface area contributed by atoms with Crippen LogP contribution in [0.3, 0.4) is 0 Å². The van der Waals surface area contributed by atoms with Crippen LogP contribution in [0, 0.1) is 11.8 Å². The Morgan fingerprint density at radius 1 is 1.33 bits per heavy atom. The molecule has 1 aromatic heterocycles. The summed E-state index contributed by atoms with van der Waals surface area (Å²) in [5.74, 6) is 2.58. The highest BCUT2D eigenvalue weighted by Gasteiger charge is 2.18. The maximum atomic E-state index is 4.33. The first-order valence-corrected chi connectivity index (χ1v) is 8.12. The van der Waals surface area contributed by atoms with Gasteiger partial charge in [-0.05, 0) is 36.8 Å². The Labute approximate surface area is 128 Å². The van der Waals surface area contributed by atoms with Gasteiger partial charge >= 0.3 is 0 Å². The number of rotatable bonds is 5. The first-order valence-electron chi connectivity index (χ1n) is 8.12. The SMILES string of the molecule is CN=C(NCCc1ccccn1)NCC1CCCC(C)C1. The third kappa shape index (κ3) is 5.74. The molecule has 2 atom stereocenters. The lowest BCUT2D eigenvalue weighted by atomic mass is 9.82. The van der Waals surface area contributed by atoms with Crippen molar-refractivity contribution < 1.29 is 0 Å². The predicted octanol–water partition coefficient (Wildman–Crippen LogP) is 2.62. The van der Waals surface area contributed by atoms with Gasteiger partial charge in [-0.3, -0.25) is 9.98 Å². The van der Waals surface area contributed by atoms with Crippen molar-refractivity contribution in [1.29, 1.82) is 0 Å². The van der Waals surface area contributed by atoms with Gasteiger partial charge in [-0.15, -0.1) is 0 Å². The lowest BCUT2D eigenvalue weighted by Crippen LogP contribution is -2.41. The van der Waals surface area contributed by atoms with Crippen molar-refractivity contribution >= 4 is 5.96 Å². The van der Waals surface area contributed by atoms with E-state index in [4.69, 9.17) is 0 Å². The van der Waals surface area contributed by atoms with Crippen LogP contribution in [-0.2, 0) is 6.42 Å². The quantitative estimate of drug-likeness (QED) is 0.647. The Hall–Kier alpha value is -1.58. The fourth-order valence-corrected chi connectivity index (χ4v) is 3.06. The molecule has 1 fully saturated rings. The molecule has 1 aliphatic carbocycles. The van der Waals surface area contributed by atoms with Crippen LogP contribution < -0.4 is 10.6 Å². The van der Waals surface area contributed by atoms with Crippen LogP contribution in [0.1, 0.15) is 38.3 Å². The van der Waals surface area contributed by atoms with E-state index < -0.39 is 0 Å². The summed E-state index contributed by atoms with van der Waals surface area (Å²) in [5.41, 5.74) is 1.11. The second-order valence-corrected chi connectivity index (χ2v) is 6.09. The van der Waals surface area contributed by atoms with Crippen LogP contribution in [0.5, 0.6) is 0 Å². The Morgan fingerprint density at radius 2 is 2.24 bits per heavy atom. The number of nitrogens with zero attached hydrogens (tertiary/aromatic N) is 2. The highest BCUT2D eigenvalue weighted by Crippen LogP contribution is 2.27. The number of nitrogens with one attached hydrogen (secondary N) is 2. The summed E-state index contributed by atoms with van der Waals surface area (Å²) < 4.78 is 0. The minimum absolute atomic E-state index is 0.795. The van der Waals surface area contributed by atoms with Crippen molar-refractivity contribution in [3.63, 3.8) is 0 Å². The molecule has 0 bridgehead atoms. The average molecular weight is 288 g/mol. The van der Waals surface area contributed by atoms with E-state index in [0.717, 1.165) is 43.0 Å². The van der Waals surface area contributed by atoms with E-state index in [1.807, 2.05) is 25.4 Å². The van der Waals surface area contributed by atoms with E-state index >= 15 is 0 Å². The molecule has 1 aromatic rings. The van der Waals surface area contributed by atoms with Gasteiger partial charge in [-0.2, -0.15) is 0 Å². The molecule has 4 nitrogen and oxygen atoms in total. The Balaban J connectivity index is 1.66. The lowest BCUT2D eigenvalue weighted by Gasteiger charge is -2.27. The summed E-state index contributed by atoms with van der Waals surface area (Å²) >= 11 is 0. The number of hydrogen-bond acceptors (Lipinski definition) is 2. The maximum Gasteiger partial charge on any atom is 0.190 e. The second kappa shape index (κ2) is 8.65. The molecule has 1 saturated carbocycles. The standard InChI is InChI=1S/C17H28N4/c1-14-6-5-7-15(12-14)13-21-17(18-2)20-11-9-16-8-3-4-10-19-16/h3-4,8,10,14-15H,5-7,9,11-13H2,1-2H3,(H2,18,20,21). The van der Waals surface area contributed by atoms with Crippen LogP contribution in [0.25, 0.3) is 0 Å². The van der Waals surface area contributed by atoms with Crippen molar-refractivity contribution in [1.82, 2.24) is 15.6 Å². The molecule has 21 heavy (non-hydrogen) atoms. The molecule has 4 heteroatoms. The van der Waals surface area contributed by atoms with Crippen molar-refractivity contribution in [3.8, 4) is 0 Å². The Morgan fingerprint density at radius 3 is 2.95 bits per heavy atom. The van der Waals surface area contributed by atoms with Crippen LogP contribution in [-0.4, -0.2) is 31.1 Å². The molecule has 1 aliphatic rings. The monoisotopic (exact) mass is 288 g/mol.